The van der Waals surface area contributed by atoms with Gasteiger partial charge >= 0.3 is 0 Å². The molecule has 20 heavy (non-hydrogen) atoms. The normalized spacial score (nSPS) is 11.6. The number of carbonyl (C=O) groups is 1. The number of nitrogens with zero attached hydrogens (tertiary/aromatic N) is 2. The Balaban J connectivity index is 2.23. The highest BCUT2D eigenvalue weighted by Gasteiger charge is 2.22. The summed E-state index contributed by atoms with van der Waals surface area (Å²) in [6.45, 7) is 0. The number of nitriles is 1. The number of ketones is 1. The van der Waals surface area contributed by atoms with E-state index in [2.05, 4.69) is 4.98 Å². The lowest BCUT2D eigenvalue weighted by Crippen LogP contribution is -2.12. The Hall–Kier alpha value is -2.12. The fourth-order valence-corrected chi connectivity index (χ4v) is 2.43. The summed E-state index contributed by atoms with van der Waals surface area (Å²) in [4.78, 5) is 16.5. The van der Waals surface area contributed by atoms with Gasteiger partial charge in [-0.2, -0.15) is 17.0 Å². The molecule has 0 bridgehead atoms. The van der Waals surface area contributed by atoms with Gasteiger partial charge in [-0.25, -0.2) is 0 Å². The van der Waals surface area contributed by atoms with Crippen molar-refractivity contribution in [3.8, 4) is 6.07 Å². The smallest absolute Gasteiger partial charge is 0.186 e. The zero-order chi connectivity index (χ0) is 14.4. The molecule has 0 fully saturated rings. The molecule has 0 radical (unpaired) electrons. The van der Waals surface area contributed by atoms with Crippen molar-refractivity contribution in [2.24, 2.45) is 0 Å². The van der Waals surface area contributed by atoms with Crippen molar-refractivity contribution in [3.63, 3.8) is 0 Å². The molecule has 3 nitrogen and oxygen atoms in total. The summed E-state index contributed by atoms with van der Waals surface area (Å²) in [5.41, 5.74) is 2.21. The highest BCUT2D eigenvalue weighted by Crippen LogP contribution is 2.19. The predicted molar refractivity (Wildman–Crippen MR) is 80.6 cm³/mol. The van der Waals surface area contributed by atoms with Crippen molar-refractivity contribution in [2.75, 3.05) is 6.26 Å². The number of Topliss-reactive ketones (excluding diaryl/α,β-unsaturated/α-hetero) is 1. The van der Waals surface area contributed by atoms with E-state index in [1.807, 2.05) is 24.5 Å². The van der Waals surface area contributed by atoms with Crippen molar-refractivity contribution in [1.29, 1.82) is 5.26 Å². The first-order chi connectivity index (χ1) is 9.76. The highest BCUT2D eigenvalue weighted by molar-refractivity contribution is 7.97. The number of benzene rings is 1. The third-order valence-electron chi connectivity index (χ3n) is 2.92. The van der Waals surface area contributed by atoms with Gasteiger partial charge in [-0.05, 0) is 24.0 Å². The molecule has 0 aliphatic heterocycles. The van der Waals surface area contributed by atoms with Crippen LogP contribution in [0.15, 0.2) is 48.7 Å². The van der Waals surface area contributed by atoms with Crippen LogP contribution >= 0.6 is 11.8 Å². The molecular weight excluding hydrogens is 268 g/mol. The van der Waals surface area contributed by atoms with Crippen molar-refractivity contribution < 1.29 is 4.79 Å². The Morgan fingerprint density at radius 1 is 1.30 bits per heavy atom. The monoisotopic (exact) mass is 282 g/mol. The first kappa shape index (κ1) is 14.3. The standard InChI is InChI=1S/C16H14N2OS/c1-20-11-12-5-7-13(8-6-12)16(19)14(10-17)15-4-2-3-9-18-15/h2-9,14H,11H2,1H3/t14-/m0/s1. The molecule has 2 aromatic rings. The molecule has 0 unspecified atom stereocenters. The maximum absolute atomic E-state index is 12.4. The van der Waals surface area contributed by atoms with Gasteiger partial charge in [-0.1, -0.05) is 30.3 Å². The molecule has 0 aliphatic rings. The lowest BCUT2D eigenvalue weighted by atomic mass is 9.95. The summed E-state index contributed by atoms with van der Waals surface area (Å²) in [6.07, 6.45) is 3.63. The summed E-state index contributed by atoms with van der Waals surface area (Å²) in [5.74, 6) is -0.138. The Labute approximate surface area is 122 Å². The third-order valence-corrected chi connectivity index (χ3v) is 3.55. The lowest BCUT2D eigenvalue weighted by Gasteiger charge is -2.08. The molecule has 0 saturated carbocycles. The molecule has 0 spiro atoms. The van der Waals surface area contributed by atoms with E-state index >= 15 is 0 Å². The van der Waals surface area contributed by atoms with E-state index in [9.17, 15) is 10.1 Å². The van der Waals surface area contributed by atoms with E-state index in [0.717, 1.165) is 5.75 Å². The SMILES string of the molecule is CSCc1ccc(C(=O)[C@@H](C#N)c2ccccn2)cc1. The van der Waals surface area contributed by atoms with Gasteiger partial charge in [-0.3, -0.25) is 9.78 Å². The molecule has 100 valence electrons. The molecule has 2 rings (SSSR count). The molecule has 1 atom stereocenters. The quantitative estimate of drug-likeness (QED) is 0.788. The Kier molecular flexibility index (Phi) is 4.91. The number of thioether (sulfide) groups is 1. The number of pyridine rings is 1. The summed E-state index contributed by atoms with van der Waals surface area (Å²) >= 11 is 1.73. The second-order valence-electron chi connectivity index (χ2n) is 4.31. The molecule has 0 saturated heterocycles. The van der Waals surface area contributed by atoms with Crippen LogP contribution in [0.5, 0.6) is 0 Å². The van der Waals surface area contributed by atoms with E-state index in [1.165, 1.54) is 5.56 Å². The van der Waals surface area contributed by atoms with Crippen LogP contribution in [0, 0.1) is 11.3 Å². The summed E-state index contributed by atoms with van der Waals surface area (Å²) in [5, 5.41) is 9.24. The maximum Gasteiger partial charge on any atom is 0.186 e. The van der Waals surface area contributed by atoms with Crippen LogP contribution in [-0.4, -0.2) is 17.0 Å². The molecule has 1 aromatic carbocycles. The summed E-state index contributed by atoms with van der Waals surface area (Å²) < 4.78 is 0. The highest BCUT2D eigenvalue weighted by atomic mass is 32.2. The first-order valence-corrected chi connectivity index (χ1v) is 7.58. The zero-order valence-electron chi connectivity index (χ0n) is 11.1. The second kappa shape index (κ2) is 6.88. The van der Waals surface area contributed by atoms with E-state index in [1.54, 1.807) is 48.3 Å². The average molecular weight is 282 g/mol. The molecular formula is C16H14N2OS. The molecule has 1 heterocycles. The van der Waals surface area contributed by atoms with E-state index < -0.39 is 5.92 Å². The van der Waals surface area contributed by atoms with Crippen molar-refractivity contribution >= 4 is 17.5 Å². The topological polar surface area (TPSA) is 53.8 Å². The van der Waals surface area contributed by atoms with Crippen LogP contribution in [0.2, 0.25) is 0 Å². The molecule has 0 N–H and O–H groups in total. The van der Waals surface area contributed by atoms with Crippen LogP contribution in [0.3, 0.4) is 0 Å². The fraction of sp³-hybridized carbons (Fsp3) is 0.188. The largest absolute Gasteiger partial charge is 0.292 e. The van der Waals surface area contributed by atoms with Gasteiger partial charge in [0.2, 0.25) is 0 Å². The minimum atomic E-state index is -0.845. The van der Waals surface area contributed by atoms with Crippen LogP contribution in [-0.2, 0) is 5.75 Å². The molecule has 0 aliphatic carbocycles. The van der Waals surface area contributed by atoms with Crippen LogP contribution in [0.4, 0.5) is 0 Å². The first-order valence-electron chi connectivity index (χ1n) is 6.19. The Bertz CT molecular complexity index is 617. The molecule has 0 amide bonds. The minimum Gasteiger partial charge on any atom is -0.292 e. The van der Waals surface area contributed by atoms with Crippen molar-refractivity contribution in [3.05, 3.63) is 65.5 Å². The van der Waals surface area contributed by atoms with E-state index in [0.29, 0.717) is 11.3 Å². The molecule has 4 heteroatoms. The van der Waals surface area contributed by atoms with Crippen molar-refractivity contribution in [1.82, 2.24) is 4.98 Å². The lowest BCUT2D eigenvalue weighted by molar-refractivity contribution is 0.0977. The number of rotatable bonds is 5. The number of aromatic nitrogens is 1. The van der Waals surface area contributed by atoms with Gasteiger partial charge in [0.05, 0.1) is 11.8 Å². The summed E-state index contributed by atoms with van der Waals surface area (Å²) in [6, 6.07) is 14.7. The maximum atomic E-state index is 12.4. The van der Waals surface area contributed by atoms with Crippen molar-refractivity contribution in [2.45, 2.75) is 11.7 Å². The van der Waals surface area contributed by atoms with Gasteiger partial charge in [-0.15, -0.1) is 0 Å². The third kappa shape index (κ3) is 3.25. The zero-order valence-corrected chi connectivity index (χ0v) is 11.9. The van der Waals surface area contributed by atoms with E-state index in [4.69, 9.17) is 0 Å². The summed E-state index contributed by atoms with van der Waals surface area (Å²) in [7, 11) is 0. The van der Waals surface area contributed by atoms with Gasteiger partial charge in [0.25, 0.3) is 0 Å². The average Bonchev–Trinajstić information content (AvgIpc) is 2.50. The van der Waals surface area contributed by atoms with Crippen LogP contribution in [0.1, 0.15) is 27.5 Å². The Morgan fingerprint density at radius 3 is 2.60 bits per heavy atom. The van der Waals surface area contributed by atoms with Crippen LogP contribution < -0.4 is 0 Å². The minimum absolute atomic E-state index is 0.207. The van der Waals surface area contributed by atoms with E-state index in [-0.39, 0.29) is 5.78 Å². The fourth-order valence-electron chi connectivity index (χ4n) is 1.90. The van der Waals surface area contributed by atoms with Crippen LogP contribution in [0.25, 0.3) is 0 Å². The number of hydrogen-bond acceptors (Lipinski definition) is 4. The Morgan fingerprint density at radius 2 is 2.05 bits per heavy atom. The van der Waals surface area contributed by atoms with Gasteiger partial charge < -0.3 is 0 Å². The molecule has 1 aromatic heterocycles. The second-order valence-corrected chi connectivity index (χ2v) is 5.18. The number of hydrogen-bond donors (Lipinski definition) is 0. The van der Waals surface area contributed by atoms with Gasteiger partial charge in [0.15, 0.2) is 11.7 Å². The number of carbonyl (C=O) groups excluding carboxylic acids is 1. The van der Waals surface area contributed by atoms with Gasteiger partial charge in [0.1, 0.15) is 0 Å². The predicted octanol–water partition coefficient (Wildman–Crippen LogP) is 3.43. The van der Waals surface area contributed by atoms with Gasteiger partial charge in [0, 0.05) is 17.5 Å².